The van der Waals surface area contributed by atoms with Gasteiger partial charge in [-0.15, -0.1) is 0 Å². The molecule has 3 nitrogen and oxygen atoms in total. The van der Waals surface area contributed by atoms with Gasteiger partial charge in [0.05, 0.1) is 12.3 Å². The van der Waals surface area contributed by atoms with Gasteiger partial charge in [-0.1, -0.05) is 17.8 Å². The Morgan fingerprint density at radius 2 is 2.18 bits per heavy atom. The molecule has 4 heteroatoms. The van der Waals surface area contributed by atoms with Gasteiger partial charge in [0.1, 0.15) is 10.8 Å². The van der Waals surface area contributed by atoms with Crippen molar-refractivity contribution in [1.82, 2.24) is 4.98 Å². The van der Waals surface area contributed by atoms with E-state index in [2.05, 4.69) is 4.98 Å². The van der Waals surface area contributed by atoms with Gasteiger partial charge in [-0.05, 0) is 37.3 Å². The monoisotopic (exact) mass is 246 g/mol. The van der Waals surface area contributed by atoms with Crippen molar-refractivity contribution < 1.29 is 4.74 Å². The SMILES string of the molecule is CCOc1cc(Sc2ccccn2)ccc1N. The highest BCUT2D eigenvalue weighted by atomic mass is 32.2. The molecule has 1 aromatic carbocycles. The fourth-order valence-corrected chi connectivity index (χ4v) is 2.19. The predicted molar refractivity (Wildman–Crippen MR) is 70.4 cm³/mol. The summed E-state index contributed by atoms with van der Waals surface area (Å²) in [5.74, 6) is 0.730. The molecule has 2 N–H and O–H groups in total. The lowest BCUT2D eigenvalue weighted by Crippen LogP contribution is -1.96. The summed E-state index contributed by atoms with van der Waals surface area (Å²) >= 11 is 1.59. The zero-order valence-electron chi connectivity index (χ0n) is 9.59. The average Bonchev–Trinajstić information content (AvgIpc) is 2.35. The van der Waals surface area contributed by atoms with Crippen LogP contribution in [0.5, 0.6) is 5.75 Å². The predicted octanol–water partition coefficient (Wildman–Crippen LogP) is 3.21. The minimum Gasteiger partial charge on any atom is -0.492 e. The average molecular weight is 246 g/mol. The second kappa shape index (κ2) is 5.59. The van der Waals surface area contributed by atoms with E-state index in [1.807, 2.05) is 43.3 Å². The van der Waals surface area contributed by atoms with E-state index in [0.717, 1.165) is 15.7 Å². The molecule has 0 atom stereocenters. The van der Waals surface area contributed by atoms with E-state index in [1.165, 1.54) is 0 Å². The summed E-state index contributed by atoms with van der Waals surface area (Å²) in [5, 5.41) is 0.958. The first-order chi connectivity index (χ1) is 8.29. The van der Waals surface area contributed by atoms with E-state index in [-0.39, 0.29) is 0 Å². The van der Waals surface area contributed by atoms with Gasteiger partial charge in [0.15, 0.2) is 0 Å². The van der Waals surface area contributed by atoms with Crippen LogP contribution in [-0.4, -0.2) is 11.6 Å². The molecule has 0 spiro atoms. The van der Waals surface area contributed by atoms with Crippen LogP contribution in [0.2, 0.25) is 0 Å². The third-order valence-corrected chi connectivity index (χ3v) is 3.09. The van der Waals surface area contributed by atoms with Gasteiger partial charge in [0, 0.05) is 11.1 Å². The normalized spacial score (nSPS) is 10.2. The van der Waals surface area contributed by atoms with Crippen molar-refractivity contribution >= 4 is 17.4 Å². The lowest BCUT2D eigenvalue weighted by Gasteiger charge is -2.08. The maximum Gasteiger partial charge on any atom is 0.143 e. The van der Waals surface area contributed by atoms with Gasteiger partial charge < -0.3 is 10.5 Å². The third kappa shape index (κ3) is 3.14. The second-order valence-corrected chi connectivity index (χ2v) is 4.50. The van der Waals surface area contributed by atoms with E-state index < -0.39 is 0 Å². The molecule has 2 aromatic rings. The summed E-state index contributed by atoms with van der Waals surface area (Å²) in [7, 11) is 0. The Morgan fingerprint density at radius 1 is 1.29 bits per heavy atom. The van der Waals surface area contributed by atoms with Crippen molar-refractivity contribution in [1.29, 1.82) is 0 Å². The maximum atomic E-state index is 5.82. The molecule has 88 valence electrons. The first-order valence-corrected chi connectivity index (χ1v) is 6.22. The zero-order valence-corrected chi connectivity index (χ0v) is 10.4. The number of anilines is 1. The molecule has 0 bridgehead atoms. The van der Waals surface area contributed by atoms with Crippen LogP contribution in [0.1, 0.15) is 6.92 Å². The molecule has 0 unspecified atom stereocenters. The summed E-state index contributed by atoms with van der Waals surface area (Å²) in [6.45, 7) is 2.56. The molecule has 0 fully saturated rings. The van der Waals surface area contributed by atoms with Crippen molar-refractivity contribution in [3.63, 3.8) is 0 Å². The molecule has 2 rings (SSSR count). The number of nitrogens with two attached hydrogens (primary N) is 1. The van der Waals surface area contributed by atoms with Crippen molar-refractivity contribution in [3.8, 4) is 5.75 Å². The first kappa shape index (κ1) is 11.8. The zero-order chi connectivity index (χ0) is 12.1. The fraction of sp³-hybridized carbons (Fsp3) is 0.154. The highest BCUT2D eigenvalue weighted by Gasteiger charge is 2.03. The van der Waals surface area contributed by atoms with Crippen LogP contribution in [0.25, 0.3) is 0 Å². The standard InChI is InChI=1S/C13H14N2OS/c1-2-16-12-9-10(6-7-11(12)14)17-13-5-3-4-8-15-13/h3-9H,2,14H2,1H3. The van der Waals surface area contributed by atoms with Gasteiger partial charge in [0.25, 0.3) is 0 Å². The molecule has 1 heterocycles. The van der Waals surface area contributed by atoms with Crippen LogP contribution in [0.4, 0.5) is 5.69 Å². The third-order valence-electron chi connectivity index (χ3n) is 2.15. The fourth-order valence-electron chi connectivity index (χ4n) is 1.39. The maximum absolute atomic E-state index is 5.82. The lowest BCUT2D eigenvalue weighted by atomic mass is 10.3. The second-order valence-electron chi connectivity index (χ2n) is 3.40. The topological polar surface area (TPSA) is 48.1 Å². The number of nitrogens with zero attached hydrogens (tertiary/aromatic N) is 1. The number of pyridine rings is 1. The Labute approximate surface area is 105 Å². The molecule has 0 saturated carbocycles. The van der Waals surface area contributed by atoms with Crippen molar-refractivity contribution in [2.45, 2.75) is 16.8 Å². The Morgan fingerprint density at radius 3 is 2.88 bits per heavy atom. The molecule has 1 aromatic heterocycles. The number of benzene rings is 1. The number of hydrogen-bond acceptors (Lipinski definition) is 4. The van der Waals surface area contributed by atoms with Crippen LogP contribution in [-0.2, 0) is 0 Å². The van der Waals surface area contributed by atoms with Crippen LogP contribution < -0.4 is 10.5 Å². The van der Waals surface area contributed by atoms with Crippen LogP contribution in [0, 0.1) is 0 Å². The molecule has 0 amide bonds. The number of nitrogen functional groups attached to an aromatic ring is 1. The molecule has 0 aliphatic carbocycles. The summed E-state index contributed by atoms with van der Waals surface area (Å²) in [6, 6.07) is 11.6. The smallest absolute Gasteiger partial charge is 0.143 e. The van der Waals surface area contributed by atoms with E-state index in [1.54, 1.807) is 18.0 Å². The quantitative estimate of drug-likeness (QED) is 0.841. The number of aromatic nitrogens is 1. The van der Waals surface area contributed by atoms with E-state index >= 15 is 0 Å². The molecular weight excluding hydrogens is 232 g/mol. The lowest BCUT2D eigenvalue weighted by molar-refractivity contribution is 0.341. The summed E-state index contributed by atoms with van der Waals surface area (Å²) in [6.07, 6.45) is 1.78. The molecule has 0 aliphatic rings. The summed E-state index contributed by atoms with van der Waals surface area (Å²) < 4.78 is 5.46. The van der Waals surface area contributed by atoms with E-state index in [9.17, 15) is 0 Å². The van der Waals surface area contributed by atoms with E-state index in [0.29, 0.717) is 12.3 Å². The molecule has 0 saturated heterocycles. The number of hydrogen-bond donors (Lipinski definition) is 1. The Kier molecular flexibility index (Phi) is 3.88. The Bertz CT molecular complexity index is 488. The summed E-state index contributed by atoms with van der Waals surface area (Å²) in [5.41, 5.74) is 6.48. The minimum atomic E-state index is 0.613. The van der Waals surface area contributed by atoms with Crippen molar-refractivity contribution in [2.75, 3.05) is 12.3 Å². The summed E-state index contributed by atoms with van der Waals surface area (Å²) in [4.78, 5) is 5.33. The van der Waals surface area contributed by atoms with Gasteiger partial charge in [-0.2, -0.15) is 0 Å². The van der Waals surface area contributed by atoms with Gasteiger partial charge in [0.2, 0.25) is 0 Å². The highest BCUT2D eigenvalue weighted by Crippen LogP contribution is 2.31. The van der Waals surface area contributed by atoms with Gasteiger partial charge >= 0.3 is 0 Å². The van der Waals surface area contributed by atoms with Gasteiger partial charge in [-0.3, -0.25) is 0 Å². The largest absolute Gasteiger partial charge is 0.492 e. The Hall–Kier alpha value is -1.68. The van der Waals surface area contributed by atoms with E-state index in [4.69, 9.17) is 10.5 Å². The minimum absolute atomic E-state index is 0.613. The first-order valence-electron chi connectivity index (χ1n) is 5.41. The number of ether oxygens (including phenoxy) is 1. The van der Waals surface area contributed by atoms with Crippen LogP contribution in [0.15, 0.2) is 52.5 Å². The molecule has 0 aliphatic heterocycles. The van der Waals surface area contributed by atoms with Crippen LogP contribution >= 0.6 is 11.8 Å². The molecule has 0 radical (unpaired) electrons. The Balaban J connectivity index is 2.19. The molecular formula is C13H14N2OS. The van der Waals surface area contributed by atoms with Crippen molar-refractivity contribution in [3.05, 3.63) is 42.6 Å². The van der Waals surface area contributed by atoms with Gasteiger partial charge in [-0.25, -0.2) is 4.98 Å². The van der Waals surface area contributed by atoms with Crippen molar-refractivity contribution in [2.24, 2.45) is 0 Å². The molecule has 17 heavy (non-hydrogen) atoms. The number of rotatable bonds is 4. The highest BCUT2D eigenvalue weighted by molar-refractivity contribution is 7.99. The van der Waals surface area contributed by atoms with Crippen LogP contribution in [0.3, 0.4) is 0 Å².